The fraction of sp³-hybridized carbons (Fsp3) is 0.167. The molecule has 86 valence electrons. The lowest BCUT2D eigenvalue weighted by Crippen LogP contribution is -1.86. The monoisotopic (exact) mass is 245 g/mol. The molecule has 0 aliphatic heterocycles. The molecular formula is C12H11N3OS. The first-order valence-electron chi connectivity index (χ1n) is 4.97. The van der Waals surface area contributed by atoms with E-state index >= 15 is 0 Å². The number of nitriles is 1. The molecule has 0 amide bonds. The molecule has 2 aromatic rings. The molecule has 0 spiro atoms. The van der Waals surface area contributed by atoms with Gasteiger partial charge in [0.25, 0.3) is 0 Å². The Morgan fingerprint density at radius 1 is 1.47 bits per heavy atom. The lowest BCUT2D eigenvalue weighted by molar-refractivity contribution is 0.413. The van der Waals surface area contributed by atoms with Crippen molar-refractivity contribution in [3.05, 3.63) is 36.2 Å². The van der Waals surface area contributed by atoms with Crippen LogP contribution in [-0.4, -0.2) is 16.9 Å². The predicted molar refractivity (Wildman–Crippen MR) is 65.0 cm³/mol. The highest BCUT2D eigenvalue weighted by molar-refractivity contribution is 7.99. The summed E-state index contributed by atoms with van der Waals surface area (Å²) < 4.78 is 6.88. The number of hydrogen-bond donors (Lipinski definition) is 0. The number of methoxy groups -OCH3 is 1. The van der Waals surface area contributed by atoms with Gasteiger partial charge in [-0.3, -0.25) is 4.68 Å². The third kappa shape index (κ3) is 2.60. The molecule has 1 aromatic heterocycles. The smallest absolute Gasteiger partial charge is 0.120 e. The summed E-state index contributed by atoms with van der Waals surface area (Å²) in [6.45, 7) is 0. The van der Waals surface area contributed by atoms with E-state index in [1.165, 1.54) is 11.8 Å². The molecule has 1 aromatic carbocycles. The number of aromatic nitrogens is 2. The third-order valence-electron chi connectivity index (χ3n) is 2.22. The number of hydrogen-bond acceptors (Lipinski definition) is 4. The van der Waals surface area contributed by atoms with Gasteiger partial charge in [0.05, 0.1) is 23.8 Å². The predicted octanol–water partition coefficient (Wildman–Crippen LogP) is 2.45. The maximum absolute atomic E-state index is 9.04. The molecule has 0 atom stereocenters. The SMILES string of the molecule is COc1ccc(C#N)c(Sc2cnn(C)c2)c1. The molecule has 0 fully saturated rings. The van der Waals surface area contributed by atoms with Crippen LogP contribution in [0.15, 0.2) is 40.4 Å². The Bertz CT molecular complexity index is 571. The van der Waals surface area contributed by atoms with E-state index in [-0.39, 0.29) is 0 Å². The standard InChI is InChI=1S/C12H11N3OS/c1-15-8-11(7-14-15)17-12-5-10(16-2)4-3-9(12)6-13/h3-5,7-8H,1-2H3. The van der Waals surface area contributed by atoms with E-state index in [0.717, 1.165) is 15.5 Å². The summed E-state index contributed by atoms with van der Waals surface area (Å²) in [4.78, 5) is 1.87. The van der Waals surface area contributed by atoms with Gasteiger partial charge in [0.1, 0.15) is 11.8 Å². The summed E-state index contributed by atoms with van der Waals surface area (Å²) in [5, 5.41) is 13.1. The average molecular weight is 245 g/mol. The van der Waals surface area contributed by atoms with Crippen LogP contribution in [0.25, 0.3) is 0 Å². The lowest BCUT2D eigenvalue weighted by Gasteiger charge is -2.04. The van der Waals surface area contributed by atoms with Crippen molar-refractivity contribution in [3.63, 3.8) is 0 Å². The third-order valence-corrected chi connectivity index (χ3v) is 3.22. The first-order chi connectivity index (χ1) is 8.22. The van der Waals surface area contributed by atoms with Crippen molar-refractivity contribution >= 4 is 11.8 Å². The maximum atomic E-state index is 9.04. The molecule has 17 heavy (non-hydrogen) atoms. The van der Waals surface area contributed by atoms with Crippen LogP contribution in [-0.2, 0) is 7.05 Å². The van der Waals surface area contributed by atoms with Gasteiger partial charge in [-0.1, -0.05) is 11.8 Å². The van der Waals surface area contributed by atoms with Crippen LogP contribution in [0, 0.1) is 11.3 Å². The van der Waals surface area contributed by atoms with Crippen molar-refractivity contribution in [3.8, 4) is 11.8 Å². The van der Waals surface area contributed by atoms with Crippen LogP contribution < -0.4 is 4.74 Å². The quantitative estimate of drug-likeness (QED) is 0.833. The fourth-order valence-corrected chi connectivity index (χ4v) is 2.34. The number of rotatable bonds is 3. The highest BCUT2D eigenvalue weighted by atomic mass is 32.2. The summed E-state index contributed by atoms with van der Waals surface area (Å²) >= 11 is 1.50. The van der Waals surface area contributed by atoms with Crippen LogP contribution in [0.4, 0.5) is 0 Å². The Hall–Kier alpha value is -1.93. The normalized spacial score (nSPS) is 9.94. The van der Waals surface area contributed by atoms with Gasteiger partial charge in [0.2, 0.25) is 0 Å². The maximum Gasteiger partial charge on any atom is 0.120 e. The van der Waals surface area contributed by atoms with Gasteiger partial charge in [-0.15, -0.1) is 0 Å². The second-order valence-corrected chi connectivity index (χ2v) is 4.54. The highest BCUT2D eigenvalue weighted by Crippen LogP contribution is 2.32. The minimum atomic E-state index is 0.639. The number of aryl methyl sites for hydroxylation is 1. The minimum absolute atomic E-state index is 0.639. The Morgan fingerprint density at radius 2 is 2.29 bits per heavy atom. The van der Waals surface area contributed by atoms with Crippen molar-refractivity contribution in [2.75, 3.05) is 7.11 Å². The zero-order valence-corrected chi connectivity index (χ0v) is 10.4. The zero-order chi connectivity index (χ0) is 12.3. The largest absolute Gasteiger partial charge is 0.497 e. The molecule has 0 bridgehead atoms. The highest BCUT2D eigenvalue weighted by Gasteiger charge is 2.07. The first-order valence-corrected chi connectivity index (χ1v) is 5.79. The molecule has 2 rings (SSSR count). The summed E-state index contributed by atoms with van der Waals surface area (Å²) in [7, 11) is 3.47. The van der Waals surface area contributed by atoms with Gasteiger partial charge < -0.3 is 4.74 Å². The summed E-state index contributed by atoms with van der Waals surface area (Å²) in [6, 6.07) is 7.57. The van der Waals surface area contributed by atoms with Crippen molar-refractivity contribution in [2.45, 2.75) is 9.79 Å². The van der Waals surface area contributed by atoms with Crippen molar-refractivity contribution in [2.24, 2.45) is 7.05 Å². The Balaban J connectivity index is 2.33. The van der Waals surface area contributed by atoms with Crippen LogP contribution in [0.1, 0.15) is 5.56 Å². The molecule has 0 saturated heterocycles. The summed E-state index contributed by atoms with van der Waals surface area (Å²) in [5.41, 5.74) is 0.639. The van der Waals surface area contributed by atoms with Gasteiger partial charge in [0, 0.05) is 18.1 Å². The molecule has 0 aliphatic carbocycles. The fourth-order valence-electron chi connectivity index (χ4n) is 1.38. The Labute approximate surface area is 104 Å². The van der Waals surface area contributed by atoms with Crippen LogP contribution in [0.5, 0.6) is 5.75 Å². The first kappa shape index (κ1) is 11.6. The summed E-state index contributed by atoms with van der Waals surface area (Å²) in [5.74, 6) is 0.746. The molecule has 5 heteroatoms. The molecule has 0 saturated carbocycles. The topological polar surface area (TPSA) is 50.8 Å². The molecule has 1 heterocycles. The molecular weight excluding hydrogens is 234 g/mol. The van der Waals surface area contributed by atoms with Crippen LogP contribution in [0.3, 0.4) is 0 Å². The van der Waals surface area contributed by atoms with Crippen LogP contribution >= 0.6 is 11.8 Å². The van der Waals surface area contributed by atoms with E-state index in [4.69, 9.17) is 10.00 Å². The number of benzene rings is 1. The summed E-state index contributed by atoms with van der Waals surface area (Å²) in [6.07, 6.45) is 3.68. The van der Waals surface area contributed by atoms with Crippen molar-refractivity contribution < 1.29 is 4.74 Å². The van der Waals surface area contributed by atoms with E-state index in [2.05, 4.69) is 11.2 Å². The molecule has 4 nitrogen and oxygen atoms in total. The molecule has 0 radical (unpaired) electrons. The van der Waals surface area contributed by atoms with Gasteiger partial charge >= 0.3 is 0 Å². The Kier molecular flexibility index (Phi) is 3.35. The minimum Gasteiger partial charge on any atom is -0.497 e. The van der Waals surface area contributed by atoms with Gasteiger partial charge in [-0.05, 0) is 18.2 Å². The Morgan fingerprint density at radius 3 is 2.88 bits per heavy atom. The molecule has 0 aliphatic rings. The second kappa shape index (κ2) is 4.93. The van der Waals surface area contributed by atoms with Crippen molar-refractivity contribution in [1.82, 2.24) is 9.78 Å². The van der Waals surface area contributed by atoms with Gasteiger partial charge in [-0.2, -0.15) is 10.4 Å². The van der Waals surface area contributed by atoms with E-state index < -0.39 is 0 Å². The average Bonchev–Trinajstić information content (AvgIpc) is 2.74. The molecule has 0 N–H and O–H groups in total. The zero-order valence-electron chi connectivity index (χ0n) is 9.54. The van der Waals surface area contributed by atoms with Crippen LogP contribution in [0.2, 0.25) is 0 Å². The van der Waals surface area contributed by atoms with E-state index in [0.29, 0.717) is 5.56 Å². The van der Waals surface area contributed by atoms with Gasteiger partial charge in [-0.25, -0.2) is 0 Å². The van der Waals surface area contributed by atoms with E-state index in [1.54, 1.807) is 30.1 Å². The van der Waals surface area contributed by atoms with E-state index in [9.17, 15) is 0 Å². The van der Waals surface area contributed by atoms with E-state index in [1.807, 2.05) is 19.3 Å². The van der Waals surface area contributed by atoms with Crippen molar-refractivity contribution in [1.29, 1.82) is 5.26 Å². The number of ether oxygens (including phenoxy) is 1. The molecule has 0 unspecified atom stereocenters. The lowest BCUT2D eigenvalue weighted by atomic mass is 10.2. The van der Waals surface area contributed by atoms with Gasteiger partial charge in [0.15, 0.2) is 0 Å². The second-order valence-electron chi connectivity index (χ2n) is 3.43. The number of nitrogens with zero attached hydrogens (tertiary/aromatic N) is 3.